The van der Waals surface area contributed by atoms with Crippen molar-refractivity contribution >= 4 is 5.78 Å². The average molecular weight is 374 g/mol. The summed E-state index contributed by atoms with van der Waals surface area (Å²) >= 11 is 0. The minimum atomic E-state index is 0.0763. The molecule has 0 N–H and O–H groups in total. The van der Waals surface area contributed by atoms with Crippen molar-refractivity contribution in [2.24, 2.45) is 11.8 Å². The molecular weight excluding hydrogens is 340 g/mol. The van der Waals surface area contributed by atoms with Crippen molar-refractivity contribution < 1.29 is 14.1 Å². The molecule has 0 bridgehead atoms. The lowest BCUT2D eigenvalue weighted by Gasteiger charge is -2.05. The van der Waals surface area contributed by atoms with E-state index in [4.69, 9.17) is 4.74 Å². The van der Waals surface area contributed by atoms with Gasteiger partial charge in [-0.15, -0.1) is 5.10 Å². The Balaban J connectivity index is 1.80. The zero-order chi connectivity index (χ0) is 19.6. The third-order valence-electron chi connectivity index (χ3n) is 4.53. The predicted octanol–water partition coefficient (Wildman–Crippen LogP) is 2.83. The van der Waals surface area contributed by atoms with Crippen molar-refractivity contribution in [1.82, 2.24) is 15.0 Å². The van der Waals surface area contributed by atoms with E-state index < -0.39 is 0 Å². The summed E-state index contributed by atoms with van der Waals surface area (Å²) in [5.41, 5.74) is 2.26. The molecule has 0 fully saturated rings. The molecule has 6 heteroatoms. The van der Waals surface area contributed by atoms with E-state index in [1.807, 2.05) is 20.0 Å². The van der Waals surface area contributed by atoms with Crippen molar-refractivity contribution in [1.29, 1.82) is 0 Å². The fraction of sp³-hybridized carbons (Fsp3) is 0.619. The molecule has 2 rings (SSSR count). The molecule has 0 aliphatic rings. The van der Waals surface area contributed by atoms with Crippen molar-refractivity contribution in [3.8, 4) is 0 Å². The zero-order valence-electron chi connectivity index (χ0n) is 17.1. The molecule has 0 aromatic carbocycles. The summed E-state index contributed by atoms with van der Waals surface area (Å²) in [7, 11) is 0. The highest BCUT2D eigenvalue weighted by molar-refractivity contribution is 5.80. The van der Waals surface area contributed by atoms with Gasteiger partial charge in [0.25, 0.3) is 0 Å². The average Bonchev–Trinajstić information content (AvgIpc) is 3.07. The van der Waals surface area contributed by atoms with E-state index in [9.17, 15) is 4.79 Å². The number of nitrogens with zero attached hydrogens (tertiary/aromatic N) is 4. The lowest BCUT2D eigenvalue weighted by Crippen LogP contribution is -2.38. The Hall–Kier alpha value is -2.08. The van der Waals surface area contributed by atoms with Gasteiger partial charge in [-0.3, -0.25) is 4.79 Å². The fourth-order valence-electron chi connectivity index (χ4n) is 2.75. The van der Waals surface area contributed by atoms with Crippen LogP contribution in [-0.4, -0.2) is 34.0 Å². The van der Waals surface area contributed by atoms with Gasteiger partial charge in [0.2, 0.25) is 0 Å². The monoisotopic (exact) mass is 373 g/mol. The Labute approximate surface area is 162 Å². The smallest absolute Gasteiger partial charge is 0.194 e. The number of Topliss-reactive ketones (excluding diaryl/α,β-unsaturated/α-hetero) is 1. The summed E-state index contributed by atoms with van der Waals surface area (Å²) < 4.78 is 9.59. The van der Waals surface area contributed by atoms with E-state index in [0.717, 1.165) is 18.7 Å². The minimum absolute atomic E-state index is 0.0763. The van der Waals surface area contributed by atoms with E-state index in [-0.39, 0.29) is 11.7 Å². The van der Waals surface area contributed by atoms with Gasteiger partial charge in [0, 0.05) is 30.9 Å². The highest BCUT2D eigenvalue weighted by Crippen LogP contribution is 2.06. The molecule has 0 radical (unpaired) electrons. The van der Waals surface area contributed by atoms with Gasteiger partial charge in [-0.05, 0) is 12.3 Å². The van der Waals surface area contributed by atoms with Gasteiger partial charge < -0.3 is 4.74 Å². The van der Waals surface area contributed by atoms with Gasteiger partial charge in [-0.1, -0.05) is 39.0 Å². The largest absolute Gasteiger partial charge is 0.379 e. The highest BCUT2D eigenvalue weighted by Gasteiger charge is 2.13. The maximum absolute atomic E-state index is 11.6. The summed E-state index contributed by atoms with van der Waals surface area (Å²) in [4.78, 5) is 11.6. The van der Waals surface area contributed by atoms with E-state index in [1.165, 1.54) is 12.1 Å². The quantitative estimate of drug-likeness (QED) is 0.424. The first kappa shape index (κ1) is 21.2. The van der Waals surface area contributed by atoms with Crippen LogP contribution in [0.3, 0.4) is 0 Å². The van der Waals surface area contributed by atoms with E-state index in [2.05, 4.69) is 53.1 Å². The Morgan fingerprint density at radius 2 is 2.04 bits per heavy atom. The number of ether oxygens (including phenoxy) is 1. The fourth-order valence-corrected chi connectivity index (χ4v) is 2.75. The Morgan fingerprint density at radius 3 is 2.78 bits per heavy atom. The molecule has 0 saturated heterocycles. The van der Waals surface area contributed by atoms with Gasteiger partial charge in [0.15, 0.2) is 18.4 Å². The molecule has 0 saturated carbocycles. The third-order valence-corrected chi connectivity index (χ3v) is 4.53. The first-order valence-corrected chi connectivity index (χ1v) is 9.92. The summed E-state index contributed by atoms with van der Waals surface area (Å²) in [6, 6.07) is 6.32. The highest BCUT2D eigenvalue weighted by atomic mass is 16.5. The standard InChI is InChI=1S/C21H33N4O2/c1-17(2)8-9-20-7-5-6-11-24(20)15-19-16-25(23-22-19)12-14-27-13-10-21(26)18(3)4/h5-7,11,16-18H,8-10,12-15H2,1-4H3/q+1. The lowest BCUT2D eigenvalue weighted by molar-refractivity contribution is -0.696. The number of aryl methyl sites for hydroxylation is 1. The second kappa shape index (κ2) is 10.9. The molecule has 6 nitrogen and oxygen atoms in total. The number of carbonyl (C=O) groups is 1. The minimum Gasteiger partial charge on any atom is -0.379 e. The van der Waals surface area contributed by atoms with Gasteiger partial charge in [0.05, 0.1) is 26.0 Å². The van der Waals surface area contributed by atoms with Crippen LogP contribution in [-0.2, 0) is 29.0 Å². The normalized spacial score (nSPS) is 11.5. The molecule has 2 aromatic heterocycles. The van der Waals surface area contributed by atoms with Crippen molar-refractivity contribution in [2.75, 3.05) is 13.2 Å². The SMILES string of the molecule is CC(C)CCc1cccc[n+]1Cc1cn(CCOCCC(=O)C(C)C)nn1. The van der Waals surface area contributed by atoms with Crippen LogP contribution in [0.2, 0.25) is 0 Å². The number of rotatable bonds is 12. The van der Waals surface area contributed by atoms with E-state index in [0.29, 0.717) is 32.1 Å². The Bertz CT molecular complexity index is 710. The number of hydrogen-bond acceptors (Lipinski definition) is 4. The van der Waals surface area contributed by atoms with Crippen LogP contribution in [0.1, 0.15) is 51.9 Å². The third kappa shape index (κ3) is 7.59. The van der Waals surface area contributed by atoms with Crippen LogP contribution < -0.4 is 4.57 Å². The molecule has 0 spiro atoms. The Morgan fingerprint density at radius 1 is 1.22 bits per heavy atom. The molecule has 0 unspecified atom stereocenters. The molecule has 0 aliphatic heterocycles. The number of hydrogen-bond donors (Lipinski definition) is 0. The van der Waals surface area contributed by atoms with Gasteiger partial charge in [-0.25, -0.2) is 4.68 Å². The molecule has 2 heterocycles. The van der Waals surface area contributed by atoms with Gasteiger partial charge >= 0.3 is 0 Å². The summed E-state index contributed by atoms with van der Waals surface area (Å²) in [6.07, 6.45) is 6.78. The van der Waals surface area contributed by atoms with Gasteiger partial charge in [0.1, 0.15) is 11.5 Å². The number of aromatic nitrogens is 4. The lowest BCUT2D eigenvalue weighted by atomic mass is 10.1. The first-order valence-electron chi connectivity index (χ1n) is 9.92. The Kier molecular flexibility index (Phi) is 8.58. The maximum atomic E-state index is 11.6. The molecule has 27 heavy (non-hydrogen) atoms. The van der Waals surface area contributed by atoms with Crippen LogP contribution in [0.5, 0.6) is 0 Å². The van der Waals surface area contributed by atoms with Crippen LogP contribution in [0.15, 0.2) is 30.6 Å². The zero-order valence-corrected chi connectivity index (χ0v) is 17.1. The van der Waals surface area contributed by atoms with Crippen LogP contribution in [0.25, 0.3) is 0 Å². The maximum Gasteiger partial charge on any atom is 0.194 e. The summed E-state index contributed by atoms with van der Waals surface area (Å²) in [5.74, 6) is 1.01. The number of ketones is 1. The van der Waals surface area contributed by atoms with Crippen molar-refractivity contribution in [2.45, 2.75) is 60.0 Å². The predicted molar refractivity (Wildman–Crippen MR) is 104 cm³/mol. The summed E-state index contributed by atoms with van der Waals surface area (Å²) in [6.45, 7) is 10.7. The molecule has 0 atom stereocenters. The van der Waals surface area contributed by atoms with Crippen LogP contribution in [0.4, 0.5) is 0 Å². The van der Waals surface area contributed by atoms with Crippen LogP contribution in [0, 0.1) is 11.8 Å². The molecule has 0 amide bonds. The van der Waals surface area contributed by atoms with E-state index >= 15 is 0 Å². The second-order valence-electron chi connectivity index (χ2n) is 7.71. The molecule has 2 aromatic rings. The van der Waals surface area contributed by atoms with Crippen molar-refractivity contribution in [3.05, 3.63) is 42.0 Å². The number of pyridine rings is 1. The molecular formula is C21H33N4O2+. The summed E-state index contributed by atoms with van der Waals surface area (Å²) in [5, 5.41) is 8.46. The van der Waals surface area contributed by atoms with Crippen molar-refractivity contribution in [3.63, 3.8) is 0 Å². The number of carbonyl (C=O) groups excluding carboxylic acids is 1. The van der Waals surface area contributed by atoms with E-state index in [1.54, 1.807) is 4.68 Å². The van der Waals surface area contributed by atoms with Gasteiger partial charge in [-0.2, -0.15) is 4.57 Å². The van der Waals surface area contributed by atoms with Crippen LogP contribution >= 0.6 is 0 Å². The molecule has 148 valence electrons. The second-order valence-corrected chi connectivity index (χ2v) is 7.71. The topological polar surface area (TPSA) is 60.9 Å². The molecule has 0 aliphatic carbocycles. The first-order chi connectivity index (χ1) is 13.0.